The Morgan fingerprint density at radius 3 is 2.66 bits per heavy atom. The molecule has 2 amide bonds. The van der Waals surface area contributed by atoms with Gasteiger partial charge in [0.25, 0.3) is 0 Å². The largest absolute Gasteiger partial charge is 0.381 e. The van der Waals surface area contributed by atoms with Crippen LogP contribution in [0, 0.1) is 40.4 Å². The van der Waals surface area contributed by atoms with Crippen molar-refractivity contribution in [1.82, 2.24) is 10.2 Å². The van der Waals surface area contributed by atoms with Gasteiger partial charge in [-0.15, -0.1) is 0 Å². The first kappa shape index (κ1) is 22.4. The summed E-state index contributed by atoms with van der Waals surface area (Å²) in [7, 11) is 1.99. The SMILES string of the molecule is CN1C(=O)C=C[C@]2(C)[C@H]3CC[C@]4(C)[C@@H](CC(=O)NCC5CCOCC5)CC[C@H]4[C@@H]3CC[C@@H]12. The van der Waals surface area contributed by atoms with Gasteiger partial charge in [0.2, 0.25) is 11.8 Å². The summed E-state index contributed by atoms with van der Waals surface area (Å²) in [5.41, 5.74) is 0.395. The van der Waals surface area contributed by atoms with Crippen molar-refractivity contribution in [1.29, 1.82) is 0 Å². The molecule has 5 heteroatoms. The highest BCUT2D eigenvalue weighted by Crippen LogP contribution is 2.65. The number of carbonyl (C=O) groups excluding carboxylic acids is 2. The zero-order chi connectivity index (χ0) is 22.5. The number of hydrogen-bond acceptors (Lipinski definition) is 3. The van der Waals surface area contributed by atoms with Gasteiger partial charge in [0.05, 0.1) is 0 Å². The molecule has 0 spiro atoms. The maximum Gasteiger partial charge on any atom is 0.246 e. The standard InChI is InChI=1S/C27H42N2O3/c1-26-12-8-22-20(5-7-23-27(22,2)13-9-25(31)29(23)3)21(26)6-4-19(26)16-24(30)28-17-18-10-14-32-15-11-18/h9,13,18-23H,4-8,10-12,14-17H2,1-3H3,(H,28,30)/t19-,20+,21+,22+,23-,26-,27-/m1/s1. The van der Waals surface area contributed by atoms with Crippen molar-refractivity contribution in [2.75, 3.05) is 26.8 Å². The van der Waals surface area contributed by atoms with Gasteiger partial charge < -0.3 is 15.0 Å². The molecule has 1 N–H and O–H groups in total. The van der Waals surface area contributed by atoms with Crippen molar-refractivity contribution < 1.29 is 14.3 Å². The van der Waals surface area contributed by atoms with Crippen molar-refractivity contribution in [3.05, 3.63) is 12.2 Å². The summed E-state index contributed by atoms with van der Waals surface area (Å²) < 4.78 is 5.44. The van der Waals surface area contributed by atoms with E-state index in [1.165, 1.54) is 32.1 Å². The van der Waals surface area contributed by atoms with Crippen LogP contribution < -0.4 is 5.32 Å². The van der Waals surface area contributed by atoms with Gasteiger partial charge in [0, 0.05) is 44.7 Å². The van der Waals surface area contributed by atoms with Crippen LogP contribution in [-0.4, -0.2) is 49.6 Å². The molecule has 2 aliphatic heterocycles. The number of hydrogen-bond donors (Lipinski definition) is 1. The summed E-state index contributed by atoms with van der Waals surface area (Å²) >= 11 is 0. The van der Waals surface area contributed by atoms with Crippen LogP contribution in [0.15, 0.2) is 12.2 Å². The maximum absolute atomic E-state index is 12.9. The smallest absolute Gasteiger partial charge is 0.246 e. The van der Waals surface area contributed by atoms with E-state index in [0.717, 1.165) is 50.9 Å². The normalized spacial score (nSPS) is 44.0. The lowest BCUT2D eigenvalue weighted by Crippen LogP contribution is -2.59. The number of amides is 2. The molecular weight excluding hydrogens is 400 g/mol. The number of likely N-dealkylation sites (N-methyl/N-ethyl adjacent to an activating group) is 1. The van der Waals surface area contributed by atoms with E-state index in [4.69, 9.17) is 4.74 Å². The van der Waals surface area contributed by atoms with Gasteiger partial charge in [-0.1, -0.05) is 19.9 Å². The molecular formula is C27H42N2O3. The Balaban J connectivity index is 1.24. The van der Waals surface area contributed by atoms with Crippen molar-refractivity contribution in [2.45, 2.75) is 77.7 Å². The van der Waals surface area contributed by atoms with Gasteiger partial charge in [-0.2, -0.15) is 0 Å². The van der Waals surface area contributed by atoms with E-state index in [1.54, 1.807) is 0 Å². The Kier molecular flexibility index (Phi) is 5.92. The second kappa shape index (κ2) is 8.45. The molecule has 5 nitrogen and oxygen atoms in total. The van der Waals surface area contributed by atoms with Gasteiger partial charge in [-0.3, -0.25) is 9.59 Å². The number of carbonyl (C=O) groups is 2. The van der Waals surface area contributed by atoms with E-state index in [1.807, 2.05) is 18.0 Å². The molecule has 3 saturated carbocycles. The van der Waals surface area contributed by atoms with Crippen LogP contribution in [0.25, 0.3) is 0 Å². The molecule has 32 heavy (non-hydrogen) atoms. The highest BCUT2D eigenvalue weighted by Gasteiger charge is 2.60. The Morgan fingerprint density at radius 2 is 1.88 bits per heavy atom. The Bertz CT molecular complexity index is 775. The number of nitrogens with zero attached hydrogens (tertiary/aromatic N) is 1. The quantitative estimate of drug-likeness (QED) is 0.711. The predicted molar refractivity (Wildman–Crippen MR) is 125 cm³/mol. The Labute approximate surface area is 193 Å². The van der Waals surface area contributed by atoms with Crippen molar-refractivity contribution in [3.63, 3.8) is 0 Å². The fourth-order valence-electron chi connectivity index (χ4n) is 8.69. The highest BCUT2D eigenvalue weighted by atomic mass is 16.5. The second-order valence-corrected chi connectivity index (χ2v) is 12.0. The first-order valence-electron chi connectivity index (χ1n) is 13.1. The van der Waals surface area contributed by atoms with E-state index >= 15 is 0 Å². The third kappa shape index (κ3) is 3.63. The van der Waals surface area contributed by atoms with Crippen LogP contribution in [0.3, 0.4) is 0 Å². The summed E-state index contributed by atoms with van der Waals surface area (Å²) in [6.45, 7) is 7.40. The molecule has 2 heterocycles. The maximum atomic E-state index is 12.9. The van der Waals surface area contributed by atoms with Gasteiger partial charge in [-0.25, -0.2) is 0 Å². The predicted octanol–water partition coefficient (Wildman–Crippen LogP) is 4.17. The molecule has 3 aliphatic carbocycles. The lowest BCUT2D eigenvalue weighted by atomic mass is 9.47. The number of nitrogens with one attached hydrogen (secondary N) is 1. The van der Waals surface area contributed by atoms with Gasteiger partial charge >= 0.3 is 0 Å². The fraction of sp³-hybridized carbons (Fsp3) is 0.852. The van der Waals surface area contributed by atoms with Crippen molar-refractivity contribution in [2.24, 2.45) is 40.4 Å². The molecule has 0 aromatic heterocycles. The molecule has 0 aromatic rings. The Hall–Kier alpha value is -1.36. The van der Waals surface area contributed by atoms with E-state index in [9.17, 15) is 9.59 Å². The molecule has 0 radical (unpaired) electrons. The minimum atomic E-state index is 0.103. The van der Waals surface area contributed by atoms with Crippen LogP contribution >= 0.6 is 0 Å². The molecule has 5 aliphatic rings. The van der Waals surface area contributed by atoms with E-state index in [2.05, 4.69) is 25.2 Å². The summed E-state index contributed by atoms with van der Waals surface area (Å²) in [4.78, 5) is 27.1. The lowest BCUT2D eigenvalue weighted by molar-refractivity contribution is -0.139. The minimum Gasteiger partial charge on any atom is -0.381 e. The summed E-state index contributed by atoms with van der Waals surface area (Å²) in [6, 6.07) is 0.346. The summed E-state index contributed by atoms with van der Waals surface area (Å²) in [5, 5.41) is 3.26. The van der Waals surface area contributed by atoms with E-state index < -0.39 is 0 Å². The van der Waals surface area contributed by atoms with E-state index in [-0.39, 0.29) is 17.2 Å². The molecule has 5 rings (SSSR count). The molecule has 7 atom stereocenters. The lowest BCUT2D eigenvalue weighted by Gasteiger charge is -2.60. The highest BCUT2D eigenvalue weighted by molar-refractivity contribution is 5.89. The average Bonchev–Trinajstić information content (AvgIpc) is 3.12. The molecule has 0 unspecified atom stereocenters. The van der Waals surface area contributed by atoms with Gasteiger partial charge in [-0.05, 0) is 92.4 Å². The van der Waals surface area contributed by atoms with Crippen LogP contribution in [0.5, 0.6) is 0 Å². The van der Waals surface area contributed by atoms with Crippen LogP contribution in [0.4, 0.5) is 0 Å². The molecule has 4 fully saturated rings. The minimum absolute atomic E-state index is 0.103. The third-order valence-electron chi connectivity index (χ3n) is 10.7. The first-order valence-corrected chi connectivity index (χ1v) is 13.1. The zero-order valence-electron chi connectivity index (χ0n) is 20.3. The molecule has 0 bridgehead atoms. The molecule has 178 valence electrons. The van der Waals surface area contributed by atoms with Gasteiger partial charge in [0.1, 0.15) is 0 Å². The summed E-state index contributed by atoms with van der Waals surface area (Å²) in [6.07, 6.45) is 14.2. The zero-order valence-corrected chi connectivity index (χ0v) is 20.3. The number of rotatable bonds is 4. The number of fused-ring (bicyclic) bond motifs is 5. The fourth-order valence-corrected chi connectivity index (χ4v) is 8.69. The van der Waals surface area contributed by atoms with E-state index in [0.29, 0.717) is 35.6 Å². The monoisotopic (exact) mass is 442 g/mol. The van der Waals surface area contributed by atoms with Crippen LogP contribution in [-0.2, 0) is 14.3 Å². The topological polar surface area (TPSA) is 58.6 Å². The van der Waals surface area contributed by atoms with Crippen molar-refractivity contribution in [3.8, 4) is 0 Å². The molecule has 1 saturated heterocycles. The van der Waals surface area contributed by atoms with Crippen LogP contribution in [0.2, 0.25) is 0 Å². The molecule has 0 aromatic carbocycles. The van der Waals surface area contributed by atoms with Crippen LogP contribution in [0.1, 0.15) is 71.6 Å². The third-order valence-corrected chi connectivity index (χ3v) is 10.7. The second-order valence-electron chi connectivity index (χ2n) is 12.0. The first-order chi connectivity index (χ1) is 15.3. The number of ether oxygens (including phenoxy) is 1. The van der Waals surface area contributed by atoms with Crippen molar-refractivity contribution >= 4 is 11.8 Å². The summed E-state index contributed by atoms with van der Waals surface area (Å²) in [5.74, 6) is 3.64. The Morgan fingerprint density at radius 1 is 1.09 bits per heavy atom. The average molecular weight is 443 g/mol. The van der Waals surface area contributed by atoms with Gasteiger partial charge in [0.15, 0.2) is 0 Å².